The van der Waals surface area contributed by atoms with Crippen LogP contribution in [0.25, 0.3) is 0 Å². The van der Waals surface area contributed by atoms with Crippen molar-refractivity contribution in [3.63, 3.8) is 0 Å². The lowest BCUT2D eigenvalue weighted by Crippen LogP contribution is -2.29. The molecule has 0 aliphatic rings. The second-order valence-electron chi connectivity index (χ2n) is 5.50. The van der Waals surface area contributed by atoms with Crippen LogP contribution in [0.15, 0.2) is 6.07 Å². The first-order valence-corrected chi connectivity index (χ1v) is 7.73. The van der Waals surface area contributed by atoms with Crippen molar-refractivity contribution >= 4 is 17.5 Å². The summed E-state index contributed by atoms with van der Waals surface area (Å²) < 4.78 is 3.59. The zero-order chi connectivity index (χ0) is 16.3. The topological polar surface area (TPSA) is 64.7 Å². The minimum absolute atomic E-state index is 0.0300. The van der Waals surface area contributed by atoms with Crippen LogP contribution in [0.3, 0.4) is 0 Å². The smallest absolute Gasteiger partial charge is 0.241 e. The molecule has 1 N–H and O–H groups in total. The molecule has 7 heteroatoms. The molecule has 2 aromatic heterocycles. The van der Waals surface area contributed by atoms with Crippen LogP contribution in [0.2, 0.25) is 5.02 Å². The fraction of sp³-hybridized carbons (Fsp3) is 0.533. The number of hydrogen-bond acceptors (Lipinski definition) is 3. The molecule has 22 heavy (non-hydrogen) atoms. The Balaban J connectivity index is 1.75. The number of aryl methyl sites for hydroxylation is 4. The molecule has 2 heterocycles. The van der Waals surface area contributed by atoms with E-state index in [4.69, 9.17) is 11.6 Å². The van der Waals surface area contributed by atoms with Gasteiger partial charge in [-0.1, -0.05) is 11.6 Å². The van der Waals surface area contributed by atoms with Gasteiger partial charge in [-0.25, -0.2) is 0 Å². The van der Waals surface area contributed by atoms with Crippen molar-refractivity contribution in [1.82, 2.24) is 24.9 Å². The van der Waals surface area contributed by atoms with E-state index in [9.17, 15) is 4.79 Å². The van der Waals surface area contributed by atoms with E-state index in [1.54, 1.807) is 4.68 Å². The lowest BCUT2D eigenvalue weighted by Gasteiger charge is -2.08. The SMILES string of the molecule is Cc1cc(C)n(CC(=O)NCCCn2nc(C)c(Cl)c2C)n1. The number of hydrogen-bond donors (Lipinski definition) is 1. The van der Waals surface area contributed by atoms with Crippen molar-refractivity contribution in [2.45, 2.75) is 47.2 Å². The standard InChI is InChI=1S/C15H22ClN5O/c1-10-8-11(2)21(18-10)9-14(22)17-6-5-7-20-13(4)15(16)12(3)19-20/h8H,5-7,9H2,1-4H3,(H,17,22). The normalized spacial score (nSPS) is 11.0. The molecule has 0 radical (unpaired) electrons. The lowest BCUT2D eigenvalue weighted by atomic mass is 10.3. The van der Waals surface area contributed by atoms with Crippen LogP contribution in [-0.4, -0.2) is 32.0 Å². The number of halogens is 1. The van der Waals surface area contributed by atoms with Gasteiger partial charge in [0.25, 0.3) is 0 Å². The number of rotatable bonds is 6. The van der Waals surface area contributed by atoms with E-state index in [0.29, 0.717) is 11.6 Å². The highest BCUT2D eigenvalue weighted by Gasteiger charge is 2.09. The number of nitrogens with zero attached hydrogens (tertiary/aromatic N) is 4. The Morgan fingerprint density at radius 2 is 1.95 bits per heavy atom. The molecule has 0 saturated heterocycles. The van der Waals surface area contributed by atoms with Gasteiger partial charge < -0.3 is 5.32 Å². The van der Waals surface area contributed by atoms with Crippen LogP contribution >= 0.6 is 11.6 Å². The molecule has 0 atom stereocenters. The maximum atomic E-state index is 11.9. The molecule has 0 fully saturated rings. The van der Waals surface area contributed by atoms with Crippen LogP contribution < -0.4 is 5.32 Å². The van der Waals surface area contributed by atoms with Crippen LogP contribution in [0, 0.1) is 27.7 Å². The molecule has 0 spiro atoms. The lowest BCUT2D eigenvalue weighted by molar-refractivity contribution is -0.121. The van der Waals surface area contributed by atoms with E-state index < -0.39 is 0 Å². The molecular weight excluding hydrogens is 302 g/mol. The van der Waals surface area contributed by atoms with Gasteiger partial charge in [0.05, 0.1) is 22.1 Å². The Bertz CT molecular complexity index is 674. The highest BCUT2D eigenvalue weighted by atomic mass is 35.5. The molecule has 0 unspecified atom stereocenters. The summed E-state index contributed by atoms with van der Waals surface area (Å²) in [6.07, 6.45) is 0.807. The molecule has 0 aliphatic carbocycles. The van der Waals surface area contributed by atoms with E-state index in [1.165, 1.54) is 0 Å². The van der Waals surface area contributed by atoms with Crippen molar-refractivity contribution in [3.05, 3.63) is 33.9 Å². The largest absolute Gasteiger partial charge is 0.354 e. The van der Waals surface area contributed by atoms with Gasteiger partial charge >= 0.3 is 0 Å². The third-order valence-corrected chi connectivity index (χ3v) is 4.11. The number of carbonyl (C=O) groups excluding carboxylic acids is 1. The van der Waals surface area contributed by atoms with Crippen molar-refractivity contribution in [2.24, 2.45) is 0 Å². The first kappa shape index (κ1) is 16.5. The van der Waals surface area contributed by atoms with Crippen LogP contribution in [-0.2, 0) is 17.9 Å². The second-order valence-corrected chi connectivity index (χ2v) is 5.87. The Hall–Kier alpha value is -1.82. The van der Waals surface area contributed by atoms with Gasteiger partial charge in [0, 0.05) is 18.8 Å². The summed E-state index contributed by atoms with van der Waals surface area (Å²) >= 11 is 6.11. The summed E-state index contributed by atoms with van der Waals surface area (Å²) in [5, 5.41) is 12.3. The minimum atomic E-state index is -0.0300. The molecule has 0 aliphatic heterocycles. The van der Waals surface area contributed by atoms with Gasteiger partial charge in [0.15, 0.2) is 0 Å². The van der Waals surface area contributed by atoms with E-state index in [0.717, 1.165) is 35.7 Å². The Morgan fingerprint density at radius 3 is 2.50 bits per heavy atom. The Morgan fingerprint density at radius 1 is 1.23 bits per heavy atom. The summed E-state index contributed by atoms with van der Waals surface area (Å²) in [5.41, 5.74) is 3.72. The average Bonchev–Trinajstić information content (AvgIpc) is 2.89. The van der Waals surface area contributed by atoms with Gasteiger partial charge in [-0.3, -0.25) is 14.2 Å². The molecule has 0 bridgehead atoms. The fourth-order valence-corrected chi connectivity index (χ4v) is 2.51. The Kier molecular flexibility index (Phi) is 5.24. The van der Waals surface area contributed by atoms with Gasteiger partial charge in [-0.2, -0.15) is 10.2 Å². The van der Waals surface area contributed by atoms with Crippen molar-refractivity contribution in [1.29, 1.82) is 0 Å². The first-order chi connectivity index (χ1) is 10.4. The molecule has 2 aromatic rings. The summed E-state index contributed by atoms with van der Waals surface area (Å²) in [6, 6.07) is 1.96. The number of amides is 1. The third-order valence-electron chi connectivity index (χ3n) is 3.56. The third kappa shape index (κ3) is 3.88. The zero-order valence-electron chi connectivity index (χ0n) is 13.5. The van der Waals surface area contributed by atoms with Crippen LogP contribution in [0.1, 0.15) is 29.2 Å². The quantitative estimate of drug-likeness (QED) is 0.829. The highest BCUT2D eigenvalue weighted by molar-refractivity contribution is 6.31. The maximum Gasteiger partial charge on any atom is 0.241 e. The van der Waals surface area contributed by atoms with Crippen molar-refractivity contribution in [3.8, 4) is 0 Å². The zero-order valence-corrected chi connectivity index (χ0v) is 14.2. The summed E-state index contributed by atoms with van der Waals surface area (Å²) in [4.78, 5) is 11.9. The van der Waals surface area contributed by atoms with E-state index in [2.05, 4.69) is 15.5 Å². The summed E-state index contributed by atoms with van der Waals surface area (Å²) in [6.45, 7) is 9.30. The fourth-order valence-electron chi connectivity index (χ4n) is 2.38. The second kappa shape index (κ2) is 6.96. The maximum absolute atomic E-state index is 11.9. The number of carbonyl (C=O) groups is 1. The molecule has 2 rings (SSSR count). The molecule has 0 aromatic carbocycles. The summed E-state index contributed by atoms with van der Waals surface area (Å²) in [5.74, 6) is -0.0300. The first-order valence-electron chi connectivity index (χ1n) is 7.35. The van der Waals surface area contributed by atoms with Crippen LogP contribution in [0.4, 0.5) is 0 Å². The predicted octanol–water partition coefficient (Wildman–Crippen LogP) is 2.17. The van der Waals surface area contributed by atoms with Crippen molar-refractivity contribution < 1.29 is 4.79 Å². The Labute approximate surface area is 135 Å². The average molecular weight is 324 g/mol. The predicted molar refractivity (Wildman–Crippen MR) is 86.0 cm³/mol. The van der Waals surface area contributed by atoms with E-state index in [1.807, 2.05) is 38.4 Å². The molecular formula is C15H22ClN5O. The molecule has 1 amide bonds. The van der Waals surface area contributed by atoms with Gasteiger partial charge in [0.1, 0.15) is 6.54 Å². The minimum Gasteiger partial charge on any atom is -0.354 e. The highest BCUT2D eigenvalue weighted by Crippen LogP contribution is 2.18. The van der Waals surface area contributed by atoms with Crippen molar-refractivity contribution in [2.75, 3.05) is 6.54 Å². The number of nitrogens with one attached hydrogen (secondary N) is 1. The molecule has 6 nitrogen and oxygen atoms in total. The number of aromatic nitrogens is 4. The van der Waals surface area contributed by atoms with E-state index in [-0.39, 0.29) is 12.5 Å². The monoisotopic (exact) mass is 323 g/mol. The van der Waals surface area contributed by atoms with Crippen LogP contribution in [0.5, 0.6) is 0 Å². The summed E-state index contributed by atoms with van der Waals surface area (Å²) in [7, 11) is 0. The van der Waals surface area contributed by atoms with Gasteiger partial charge in [-0.05, 0) is 40.2 Å². The van der Waals surface area contributed by atoms with Gasteiger partial charge in [0.2, 0.25) is 5.91 Å². The van der Waals surface area contributed by atoms with Gasteiger partial charge in [-0.15, -0.1) is 0 Å². The van der Waals surface area contributed by atoms with E-state index >= 15 is 0 Å². The molecule has 120 valence electrons. The molecule has 0 saturated carbocycles.